The van der Waals surface area contributed by atoms with Crippen molar-refractivity contribution in [3.8, 4) is 11.4 Å². The molecule has 32 heavy (non-hydrogen) atoms. The number of rotatable bonds is 9. The summed E-state index contributed by atoms with van der Waals surface area (Å²) in [5.74, 6) is 0.744. The molecule has 2 aromatic heterocycles. The number of ether oxygens (including phenoxy) is 1. The molecular formula is C23H22ClN5O2S. The van der Waals surface area contributed by atoms with Crippen molar-refractivity contribution in [3.05, 3.63) is 65.8 Å². The van der Waals surface area contributed by atoms with Gasteiger partial charge in [-0.25, -0.2) is 0 Å². The summed E-state index contributed by atoms with van der Waals surface area (Å²) < 4.78 is 7.18. The quantitative estimate of drug-likeness (QED) is 0.278. The number of amides is 1. The van der Waals surface area contributed by atoms with Crippen molar-refractivity contribution >= 4 is 45.9 Å². The number of methoxy groups -OCH3 is 1. The number of anilines is 1. The summed E-state index contributed by atoms with van der Waals surface area (Å²) in [6.45, 7) is 1.26. The SMILES string of the molecule is COCCCn1c(SCC(=O)Nc2cccc3ncccc23)nnc1-c1ccccc1Cl. The number of carbonyl (C=O) groups excluding carboxylic acids is 1. The van der Waals surface area contributed by atoms with E-state index >= 15 is 0 Å². The van der Waals surface area contributed by atoms with Crippen LogP contribution in [-0.2, 0) is 16.1 Å². The lowest BCUT2D eigenvalue weighted by atomic mass is 10.2. The Morgan fingerprint density at radius 2 is 2.00 bits per heavy atom. The molecule has 7 nitrogen and oxygen atoms in total. The number of nitrogens with one attached hydrogen (secondary N) is 1. The molecule has 4 rings (SSSR count). The first-order valence-electron chi connectivity index (χ1n) is 10.1. The minimum absolute atomic E-state index is 0.128. The van der Waals surface area contributed by atoms with Gasteiger partial charge < -0.3 is 14.6 Å². The molecule has 1 amide bonds. The van der Waals surface area contributed by atoms with Gasteiger partial charge in [0, 0.05) is 37.4 Å². The van der Waals surface area contributed by atoms with E-state index in [9.17, 15) is 4.79 Å². The fourth-order valence-corrected chi connectivity index (χ4v) is 4.32. The van der Waals surface area contributed by atoms with Crippen LogP contribution in [0.25, 0.3) is 22.3 Å². The molecule has 2 aromatic carbocycles. The lowest BCUT2D eigenvalue weighted by Crippen LogP contribution is -2.15. The summed E-state index contributed by atoms with van der Waals surface area (Å²) in [6, 6.07) is 17.0. The van der Waals surface area contributed by atoms with Gasteiger partial charge in [-0.15, -0.1) is 10.2 Å². The number of pyridine rings is 1. The van der Waals surface area contributed by atoms with E-state index in [0.29, 0.717) is 29.2 Å². The Morgan fingerprint density at radius 3 is 2.84 bits per heavy atom. The summed E-state index contributed by atoms with van der Waals surface area (Å²) in [5, 5.41) is 13.8. The van der Waals surface area contributed by atoms with Crippen molar-refractivity contribution in [2.75, 3.05) is 24.8 Å². The van der Waals surface area contributed by atoms with Crippen molar-refractivity contribution in [1.82, 2.24) is 19.7 Å². The largest absolute Gasteiger partial charge is 0.385 e. The van der Waals surface area contributed by atoms with Crippen LogP contribution in [0.1, 0.15) is 6.42 Å². The van der Waals surface area contributed by atoms with Crippen LogP contribution in [0.5, 0.6) is 0 Å². The molecule has 0 spiro atoms. The van der Waals surface area contributed by atoms with Gasteiger partial charge in [0.05, 0.1) is 22.0 Å². The fourth-order valence-electron chi connectivity index (χ4n) is 3.33. The van der Waals surface area contributed by atoms with Crippen molar-refractivity contribution in [1.29, 1.82) is 0 Å². The Labute approximate surface area is 195 Å². The molecule has 0 aliphatic heterocycles. The van der Waals surface area contributed by atoms with Gasteiger partial charge in [0.25, 0.3) is 0 Å². The average molecular weight is 468 g/mol. The Morgan fingerprint density at radius 1 is 1.12 bits per heavy atom. The van der Waals surface area contributed by atoms with Gasteiger partial charge in [-0.2, -0.15) is 0 Å². The van der Waals surface area contributed by atoms with Gasteiger partial charge in [0.15, 0.2) is 11.0 Å². The molecule has 9 heteroatoms. The second-order valence-electron chi connectivity index (χ2n) is 7.00. The van der Waals surface area contributed by atoms with E-state index in [2.05, 4.69) is 20.5 Å². The Kier molecular flexibility index (Phi) is 7.36. The molecule has 0 atom stereocenters. The molecule has 0 fully saturated rings. The number of carbonyl (C=O) groups is 1. The van der Waals surface area contributed by atoms with Crippen molar-refractivity contribution in [3.63, 3.8) is 0 Å². The predicted octanol–water partition coefficient (Wildman–Crippen LogP) is 4.91. The van der Waals surface area contributed by atoms with Gasteiger partial charge in [-0.05, 0) is 42.8 Å². The third kappa shape index (κ3) is 5.09. The molecule has 2 heterocycles. The molecule has 0 radical (unpaired) electrons. The number of hydrogen-bond acceptors (Lipinski definition) is 6. The number of aromatic nitrogens is 4. The van der Waals surface area contributed by atoms with E-state index in [-0.39, 0.29) is 11.7 Å². The van der Waals surface area contributed by atoms with Crippen LogP contribution >= 0.6 is 23.4 Å². The third-order valence-electron chi connectivity index (χ3n) is 4.81. The minimum atomic E-state index is -0.128. The fraction of sp³-hybridized carbons (Fsp3) is 0.217. The van der Waals surface area contributed by atoms with Crippen molar-refractivity contribution in [2.24, 2.45) is 0 Å². The molecule has 1 N–H and O–H groups in total. The zero-order valence-electron chi connectivity index (χ0n) is 17.5. The van der Waals surface area contributed by atoms with E-state index in [1.165, 1.54) is 11.8 Å². The number of hydrogen-bond donors (Lipinski definition) is 1. The van der Waals surface area contributed by atoms with Crippen LogP contribution < -0.4 is 5.32 Å². The van der Waals surface area contributed by atoms with Gasteiger partial charge in [-0.3, -0.25) is 9.78 Å². The molecule has 0 bridgehead atoms. The molecule has 0 saturated heterocycles. The first-order valence-corrected chi connectivity index (χ1v) is 11.5. The minimum Gasteiger partial charge on any atom is -0.385 e. The van der Waals surface area contributed by atoms with Gasteiger partial charge >= 0.3 is 0 Å². The summed E-state index contributed by atoms with van der Waals surface area (Å²) in [4.78, 5) is 17.0. The number of halogens is 1. The Bertz CT molecular complexity index is 1220. The van der Waals surface area contributed by atoms with Crippen molar-refractivity contribution in [2.45, 2.75) is 18.1 Å². The standard InChI is InChI=1S/C23H22ClN5O2S/c1-31-14-6-13-29-22(16-7-2-3-9-18(16)24)27-28-23(29)32-15-21(30)26-20-11-4-10-19-17(20)8-5-12-25-19/h2-5,7-12H,6,13-15H2,1H3,(H,26,30). The number of nitrogens with zero attached hydrogens (tertiary/aromatic N) is 4. The average Bonchev–Trinajstić information content (AvgIpc) is 3.21. The molecule has 4 aromatic rings. The van der Waals surface area contributed by atoms with E-state index in [4.69, 9.17) is 16.3 Å². The van der Waals surface area contributed by atoms with Crippen LogP contribution in [0.2, 0.25) is 5.02 Å². The Hall–Kier alpha value is -2.94. The highest BCUT2D eigenvalue weighted by Crippen LogP contribution is 2.30. The normalized spacial score (nSPS) is 11.1. The van der Waals surface area contributed by atoms with E-state index in [1.807, 2.05) is 59.2 Å². The monoisotopic (exact) mass is 467 g/mol. The topological polar surface area (TPSA) is 81.9 Å². The maximum atomic E-state index is 12.7. The van der Waals surface area contributed by atoms with Gasteiger partial charge in [0.1, 0.15) is 0 Å². The smallest absolute Gasteiger partial charge is 0.234 e. The maximum Gasteiger partial charge on any atom is 0.234 e. The van der Waals surface area contributed by atoms with Gasteiger partial charge in [-0.1, -0.05) is 41.6 Å². The van der Waals surface area contributed by atoms with Crippen LogP contribution in [-0.4, -0.2) is 45.1 Å². The number of benzene rings is 2. The molecule has 0 saturated carbocycles. The molecule has 164 valence electrons. The lowest BCUT2D eigenvalue weighted by Gasteiger charge is -2.11. The van der Waals surface area contributed by atoms with Crippen LogP contribution in [0.15, 0.2) is 66.0 Å². The predicted molar refractivity (Wildman–Crippen MR) is 128 cm³/mol. The molecular weight excluding hydrogens is 446 g/mol. The summed E-state index contributed by atoms with van der Waals surface area (Å²) in [6.07, 6.45) is 2.52. The second-order valence-corrected chi connectivity index (χ2v) is 8.35. The molecule has 0 aliphatic carbocycles. The second kappa shape index (κ2) is 10.6. The van der Waals surface area contributed by atoms with E-state index < -0.39 is 0 Å². The van der Waals surface area contributed by atoms with Gasteiger partial charge in [0.2, 0.25) is 5.91 Å². The zero-order valence-corrected chi connectivity index (χ0v) is 19.1. The zero-order chi connectivity index (χ0) is 22.3. The first kappa shape index (κ1) is 22.3. The molecule has 0 unspecified atom stereocenters. The van der Waals surface area contributed by atoms with Crippen LogP contribution in [0, 0.1) is 0 Å². The summed E-state index contributed by atoms with van der Waals surface area (Å²) in [7, 11) is 1.67. The summed E-state index contributed by atoms with van der Waals surface area (Å²) >= 11 is 7.72. The highest BCUT2D eigenvalue weighted by molar-refractivity contribution is 7.99. The number of fused-ring (bicyclic) bond motifs is 1. The first-order chi connectivity index (χ1) is 15.7. The molecule has 0 aliphatic rings. The highest BCUT2D eigenvalue weighted by atomic mass is 35.5. The van der Waals surface area contributed by atoms with Crippen molar-refractivity contribution < 1.29 is 9.53 Å². The van der Waals surface area contributed by atoms with Crippen LogP contribution in [0.3, 0.4) is 0 Å². The number of thioether (sulfide) groups is 1. The van der Waals surface area contributed by atoms with E-state index in [1.54, 1.807) is 13.3 Å². The Balaban J connectivity index is 1.51. The highest BCUT2D eigenvalue weighted by Gasteiger charge is 2.17. The van der Waals surface area contributed by atoms with E-state index in [0.717, 1.165) is 28.6 Å². The summed E-state index contributed by atoms with van der Waals surface area (Å²) in [5.41, 5.74) is 2.37. The maximum absolute atomic E-state index is 12.7. The lowest BCUT2D eigenvalue weighted by molar-refractivity contribution is -0.113. The third-order valence-corrected chi connectivity index (χ3v) is 6.11. The van der Waals surface area contributed by atoms with Crippen LogP contribution in [0.4, 0.5) is 5.69 Å².